The molecule has 2 aromatic carbocycles. The minimum absolute atomic E-state index is 0.282. The molecule has 0 bridgehead atoms. The van der Waals surface area contributed by atoms with E-state index in [1.807, 2.05) is 0 Å². The molecule has 0 fully saturated rings. The van der Waals surface area contributed by atoms with Crippen molar-refractivity contribution >= 4 is 24.2 Å². The predicted molar refractivity (Wildman–Crippen MR) is 72.8 cm³/mol. The number of halogens is 1. The highest BCUT2D eigenvalue weighted by Gasteiger charge is 2.07. The third-order valence-electron chi connectivity index (χ3n) is 2.41. The molecule has 4 heteroatoms. The lowest BCUT2D eigenvalue weighted by Gasteiger charge is -2.07. The monoisotopic (exact) mass is 261 g/mol. The summed E-state index contributed by atoms with van der Waals surface area (Å²) in [5.41, 5.74) is 1.69. The molecule has 2 nitrogen and oxygen atoms in total. The summed E-state index contributed by atoms with van der Waals surface area (Å²) in [6, 6.07) is 11.3. The first kappa shape index (κ1) is 12.6. The van der Waals surface area contributed by atoms with Crippen LogP contribution in [0.4, 0.5) is 10.1 Å². The summed E-state index contributed by atoms with van der Waals surface area (Å²) in [5, 5.41) is 2.65. The number of amides is 1. The third-order valence-corrected chi connectivity index (χ3v) is 2.69. The fraction of sp³-hybridized carbons (Fsp3) is 0.0714. The second-order valence-corrected chi connectivity index (χ2v) is 4.54. The first-order valence-corrected chi connectivity index (χ1v) is 5.87. The molecule has 2 rings (SSSR count). The van der Waals surface area contributed by atoms with Crippen LogP contribution < -0.4 is 5.32 Å². The fourth-order valence-electron chi connectivity index (χ4n) is 1.66. The van der Waals surface area contributed by atoms with E-state index in [9.17, 15) is 9.18 Å². The first-order valence-electron chi connectivity index (χ1n) is 5.42. The topological polar surface area (TPSA) is 29.1 Å². The van der Waals surface area contributed by atoms with E-state index in [1.54, 1.807) is 37.3 Å². The van der Waals surface area contributed by atoms with Crippen LogP contribution in [0, 0.1) is 12.7 Å². The van der Waals surface area contributed by atoms with Crippen LogP contribution in [0.5, 0.6) is 0 Å². The molecule has 1 N–H and O–H groups in total. The van der Waals surface area contributed by atoms with E-state index in [0.29, 0.717) is 16.1 Å². The van der Waals surface area contributed by atoms with E-state index in [4.69, 9.17) is 0 Å². The Hall–Kier alpha value is -1.81. The van der Waals surface area contributed by atoms with Crippen molar-refractivity contribution in [2.75, 3.05) is 5.32 Å². The SMILES string of the molecule is Cc1cc(F)cc(NC(=O)c2cccc(S)c2)c1. The molecule has 0 aliphatic carbocycles. The second kappa shape index (κ2) is 5.23. The van der Waals surface area contributed by atoms with Gasteiger partial charge in [-0.3, -0.25) is 4.79 Å². The molecule has 1 amide bonds. The summed E-state index contributed by atoms with van der Waals surface area (Å²) in [5.74, 6) is -0.649. The van der Waals surface area contributed by atoms with Gasteiger partial charge in [0.2, 0.25) is 0 Å². The standard InChI is InChI=1S/C14H12FNOS/c1-9-5-11(15)8-12(6-9)16-14(17)10-3-2-4-13(18)7-10/h2-8,18H,1H3,(H,16,17). The van der Waals surface area contributed by atoms with Crippen molar-refractivity contribution in [2.45, 2.75) is 11.8 Å². The van der Waals surface area contributed by atoms with Crippen LogP contribution >= 0.6 is 12.6 Å². The number of hydrogen-bond acceptors (Lipinski definition) is 2. The van der Waals surface area contributed by atoms with Gasteiger partial charge in [0.25, 0.3) is 5.91 Å². The summed E-state index contributed by atoms with van der Waals surface area (Å²) in [6.45, 7) is 1.77. The Labute approximate surface area is 110 Å². The van der Waals surface area contributed by atoms with Crippen LogP contribution in [-0.4, -0.2) is 5.91 Å². The number of thiol groups is 1. The first-order chi connectivity index (χ1) is 8.54. The third kappa shape index (κ3) is 3.11. The lowest BCUT2D eigenvalue weighted by atomic mass is 10.2. The smallest absolute Gasteiger partial charge is 0.255 e. The molecule has 0 aliphatic rings. The van der Waals surface area contributed by atoms with Crippen molar-refractivity contribution in [3.63, 3.8) is 0 Å². The Kier molecular flexibility index (Phi) is 3.67. The Bertz CT molecular complexity index is 578. The number of rotatable bonds is 2. The van der Waals surface area contributed by atoms with Crippen LogP contribution in [-0.2, 0) is 0 Å². The number of anilines is 1. The van der Waals surface area contributed by atoms with Gasteiger partial charge in [-0.25, -0.2) is 4.39 Å². The van der Waals surface area contributed by atoms with Crippen molar-refractivity contribution < 1.29 is 9.18 Å². The number of carbonyl (C=O) groups is 1. The number of carbonyl (C=O) groups excluding carboxylic acids is 1. The zero-order valence-electron chi connectivity index (χ0n) is 9.77. The lowest BCUT2D eigenvalue weighted by molar-refractivity contribution is 0.102. The van der Waals surface area contributed by atoms with E-state index < -0.39 is 0 Å². The molecule has 2 aromatic rings. The molecule has 0 aromatic heterocycles. The van der Waals surface area contributed by atoms with E-state index in [0.717, 1.165) is 5.56 Å². The number of benzene rings is 2. The number of aryl methyl sites for hydroxylation is 1. The molecule has 0 radical (unpaired) electrons. The normalized spacial score (nSPS) is 10.2. The average Bonchev–Trinajstić information content (AvgIpc) is 2.27. The minimum atomic E-state index is -0.367. The van der Waals surface area contributed by atoms with Crippen molar-refractivity contribution in [2.24, 2.45) is 0 Å². The maximum atomic E-state index is 13.2. The Morgan fingerprint density at radius 3 is 2.67 bits per heavy atom. The number of nitrogens with one attached hydrogen (secondary N) is 1. The van der Waals surface area contributed by atoms with Crippen LogP contribution in [0.25, 0.3) is 0 Å². The van der Waals surface area contributed by atoms with Crippen LogP contribution in [0.1, 0.15) is 15.9 Å². The van der Waals surface area contributed by atoms with Gasteiger partial charge >= 0.3 is 0 Å². The largest absolute Gasteiger partial charge is 0.322 e. The molecule has 92 valence electrons. The maximum Gasteiger partial charge on any atom is 0.255 e. The van der Waals surface area contributed by atoms with Crippen molar-refractivity contribution in [3.8, 4) is 0 Å². The van der Waals surface area contributed by atoms with Crippen LogP contribution in [0.2, 0.25) is 0 Å². The summed E-state index contributed by atoms with van der Waals surface area (Å²) in [6.07, 6.45) is 0. The second-order valence-electron chi connectivity index (χ2n) is 4.02. The maximum absolute atomic E-state index is 13.2. The molecule has 0 heterocycles. The Balaban J connectivity index is 2.21. The van der Waals surface area contributed by atoms with Gasteiger partial charge in [-0.15, -0.1) is 12.6 Å². The summed E-state index contributed by atoms with van der Waals surface area (Å²) >= 11 is 4.17. The Morgan fingerprint density at radius 1 is 1.22 bits per heavy atom. The molecule has 0 atom stereocenters. The van der Waals surface area contributed by atoms with Crippen molar-refractivity contribution in [3.05, 3.63) is 59.4 Å². The van der Waals surface area contributed by atoms with E-state index >= 15 is 0 Å². The van der Waals surface area contributed by atoms with Gasteiger partial charge in [0, 0.05) is 16.1 Å². The molecule has 0 saturated carbocycles. The van der Waals surface area contributed by atoms with Gasteiger partial charge in [0.15, 0.2) is 0 Å². The van der Waals surface area contributed by atoms with Gasteiger partial charge in [-0.05, 0) is 48.9 Å². The molecular formula is C14H12FNOS. The zero-order chi connectivity index (χ0) is 13.1. The highest BCUT2D eigenvalue weighted by Crippen LogP contribution is 2.15. The highest BCUT2D eigenvalue weighted by atomic mass is 32.1. The van der Waals surface area contributed by atoms with E-state index in [1.165, 1.54) is 12.1 Å². The van der Waals surface area contributed by atoms with Gasteiger partial charge in [0.05, 0.1) is 0 Å². The summed E-state index contributed by atoms with van der Waals surface area (Å²) in [4.78, 5) is 12.6. The summed E-state index contributed by atoms with van der Waals surface area (Å²) < 4.78 is 13.2. The average molecular weight is 261 g/mol. The fourth-order valence-corrected chi connectivity index (χ4v) is 1.88. The Morgan fingerprint density at radius 2 is 2.00 bits per heavy atom. The van der Waals surface area contributed by atoms with Gasteiger partial charge in [-0.1, -0.05) is 6.07 Å². The predicted octanol–water partition coefficient (Wildman–Crippen LogP) is 3.68. The lowest BCUT2D eigenvalue weighted by Crippen LogP contribution is -2.12. The van der Waals surface area contributed by atoms with Crippen LogP contribution in [0.3, 0.4) is 0 Å². The summed E-state index contributed by atoms with van der Waals surface area (Å²) in [7, 11) is 0. The molecule has 0 unspecified atom stereocenters. The molecule has 0 aliphatic heterocycles. The van der Waals surface area contributed by atoms with Gasteiger partial charge in [-0.2, -0.15) is 0 Å². The highest BCUT2D eigenvalue weighted by molar-refractivity contribution is 7.80. The van der Waals surface area contributed by atoms with Crippen molar-refractivity contribution in [1.82, 2.24) is 0 Å². The molecule has 18 heavy (non-hydrogen) atoms. The molecule has 0 saturated heterocycles. The van der Waals surface area contributed by atoms with Gasteiger partial charge in [0.1, 0.15) is 5.82 Å². The molecule has 0 spiro atoms. The van der Waals surface area contributed by atoms with Crippen molar-refractivity contribution in [1.29, 1.82) is 0 Å². The van der Waals surface area contributed by atoms with E-state index in [2.05, 4.69) is 17.9 Å². The van der Waals surface area contributed by atoms with E-state index in [-0.39, 0.29) is 11.7 Å². The van der Waals surface area contributed by atoms with Crippen LogP contribution in [0.15, 0.2) is 47.4 Å². The van der Waals surface area contributed by atoms with Gasteiger partial charge < -0.3 is 5.32 Å². The minimum Gasteiger partial charge on any atom is -0.322 e. The zero-order valence-corrected chi connectivity index (χ0v) is 10.7. The molecular weight excluding hydrogens is 249 g/mol. The quantitative estimate of drug-likeness (QED) is 0.793. The number of hydrogen-bond donors (Lipinski definition) is 2.